The Hall–Kier alpha value is -2.93. The molecule has 0 aliphatic carbocycles. The lowest BCUT2D eigenvalue weighted by Crippen LogP contribution is -3.10. The summed E-state index contributed by atoms with van der Waals surface area (Å²) in [5.74, 6) is 0.835. The van der Waals surface area contributed by atoms with Gasteiger partial charge in [-0.2, -0.15) is 0 Å². The molecule has 0 radical (unpaired) electrons. The molecule has 0 atom stereocenters. The number of aromatic nitrogens is 4. The van der Waals surface area contributed by atoms with E-state index in [1.165, 1.54) is 9.47 Å². The minimum atomic E-state index is -0.440. The highest BCUT2D eigenvalue weighted by Gasteiger charge is 2.20. The van der Waals surface area contributed by atoms with Crippen LogP contribution in [-0.2, 0) is 20.1 Å². The van der Waals surface area contributed by atoms with Crippen molar-refractivity contribution in [3.05, 3.63) is 68.6 Å². The van der Waals surface area contributed by atoms with Crippen molar-refractivity contribution in [2.24, 2.45) is 7.05 Å². The van der Waals surface area contributed by atoms with E-state index in [1.807, 2.05) is 47.1 Å². The first-order valence-electron chi connectivity index (χ1n) is 10.3. The summed E-state index contributed by atoms with van der Waals surface area (Å²) in [6.07, 6.45) is 6.24. The molecule has 154 valence electrons. The van der Waals surface area contributed by atoms with Gasteiger partial charge in [0.15, 0.2) is 17.0 Å². The van der Waals surface area contributed by atoms with Crippen molar-refractivity contribution < 1.29 is 4.90 Å². The highest BCUT2D eigenvalue weighted by molar-refractivity contribution is 5.71. The van der Waals surface area contributed by atoms with Crippen LogP contribution in [0.1, 0.15) is 38.1 Å². The SMILES string of the molecule is CCC[NH+](CCC)Cc1nc2c(c(=O)[nH]c(=O)n2C)n1C/C=C/c1ccccc1. The number of aromatic amines is 1. The van der Waals surface area contributed by atoms with Gasteiger partial charge < -0.3 is 9.47 Å². The first kappa shape index (κ1) is 20.8. The molecule has 0 aliphatic heterocycles. The third-order valence-electron chi connectivity index (χ3n) is 5.10. The Morgan fingerprint density at radius 3 is 2.45 bits per heavy atom. The van der Waals surface area contributed by atoms with Gasteiger partial charge in [0, 0.05) is 13.6 Å². The molecule has 0 bridgehead atoms. The van der Waals surface area contributed by atoms with Gasteiger partial charge >= 0.3 is 5.69 Å². The van der Waals surface area contributed by atoms with Gasteiger partial charge in [-0.25, -0.2) is 9.78 Å². The molecule has 0 fully saturated rings. The van der Waals surface area contributed by atoms with E-state index in [1.54, 1.807) is 7.05 Å². The smallest absolute Gasteiger partial charge is 0.329 e. The molecule has 7 heteroatoms. The highest BCUT2D eigenvalue weighted by Crippen LogP contribution is 2.11. The summed E-state index contributed by atoms with van der Waals surface area (Å²) < 4.78 is 3.36. The van der Waals surface area contributed by atoms with Gasteiger partial charge in [-0.1, -0.05) is 56.3 Å². The molecule has 2 aromatic heterocycles. The lowest BCUT2D eigenvalue weighted by molar-refractivity contribution is -0.914. The number of fused-ring (bicyclic) bond motifs is 1. The molecular formula is C22H30N5O2+. The Kier molecular flexibility index (Phi) is 6.82. The van der Waals surface area contributed by atoms with E-state index in [9.17, 15) is 9.59 Å². The average Bonchev–Trinajstić information content (AvgIpc) is 3.06. The number of H-pyrrole nitrogens is 1. The largest absolute Gasteiger partial charge is 0.329 e. The van der Waals surface area contributed by atoms with Crippen LogP contribution in [0.2, 0.25) is 0 Å². The summed E-state index contributed by atoms with van der Waals surface area (Å²) in [5, 5.41) is 0. The Bertz CT molecular complexity index is 1090. The van der Waals surface area contributed by atoms with Crippen molar-refractivity contribution in [2.75, 3.05) is 13.1 Å². The quantitative estimate of drug-likeness (QED) is 0.573. The third kappa shape index (κ3) is 4.74. The van der Waals surface area contributed by atoms with Crippen molar-refractivity contribution in [3.63, 3.8) is 0 Å². The summed E-state index contributed by atoms with van der Waals surface area (Å²) in [6.45, 7) is 7.69. The van der Waals surface area contributed by atoms with Crippen molar-refractivity contribution in [1.82, 2.24) is 19.1 Å². The fourth-order valence-corrected chi connectivity index (χ4v) is 3.70. The maximum atomic E-state index is 12.6. The summed E-state index contributed by atoms with van der Waals surface area (Å²) in [4.78, 5) is 33.2. The molecule has 0 saturated heterocycles. The maximum absolute atomic E-state index is 12.6. The van der Waals surface area contributed by atoms with Crippen LogP contribution < -0.4 is 16.1 Å². The number of rotatable bonds is 9. The van der Waals surface area contributed by atoms with Gasteiger partial charge in [0.1, 0.15) is 6.54 Å². The molecule has 29 heavy (non-hydrogen) atoms. The zero-order chi connectivity index (χ0) is 20.8. The normalized spacial score (nSPS) is 11.9. The van der Waals surface area contributed by atoms with Crippen LogP contribution in [-0.4, -0.2) is 32.2 Å². The fourth-order valence-electron chi connectivity index (χ4n) is 3.70. The molecule has 0 saturated carbocycles. The van der Waals surface area contributed by atoms with Gasteiger partial charge in [0.25, 0.3) is 5.56 Å². The maximum Gasteiger partial charge on any atom is 0.329 e. The van der Waals surface area contributed by atoms with Crippen LogP contribution in [0.5, 0.6) is 0 Å². The minimum absolute atomic E-state index is 0.387. The summed E-state index contributed by atoms with van der Waals surface area (Å²) >= 11 is 0. The number of nitrogens with zero attached hydrogens (tertiary/aromatic N) is 3. The van der Waals surface area contributed by atoms with E-state index >= 15 is 0 Å². The molecule has 0 amide bonds. The first-order valence-corrected chi connectivity index (χ1v) is 10.3. The Morgan fingerprint density at radius 1 is 1.10 bits per heavy atom. The second-order valence-electron chi connectivity index (χ2n) is 7.37. The minimum Gasteiger partial charge on any atom is -0.329 e. The predicted molar refractivity (Wildman–Crippen MR) is 116 cm³/mol. The summed E-state index contributed by atoms with van der Waals surface area (Å²) in [6, 6.07) is 10.0. The van der Waals surface area contributed by atoms with Gasteiger partial charge in [0.2, 0.25) is 0 Å². The summed E-state index contributed by atoms with van der Waals surface area (Å²) in [5.41, 5.74) is 1.16. The summed E-state index contributed by atoms with van der Waals surface area (Å²) in [7, 11) is 1.64. The second-order valence-corrected chi connectivity index (χ2v) is 7.37. The van der Waals surface area contributed by atoms with Crippen LogP contribution in [0.4, 0.5) is 0 Å². The molecule has 2 heterocycles. The monoisotopic (exact) mass is 396 g/mol. The Balaban J connectivity index is 2.04. The second kappa shape index (κ2) is 9.52. The molecule has 3 aromatic rings. The lowest BCUT2D eigenvalue weighted by atomic mass is 10.2. The number of hydrogen-bond acceptors (Lipinski definition) is 3. The molecule has 7 nitrogen and oxygen atoms in total. The number of allylic oxidation sites excluding steroid dienone is 1. The zero-order valence-corrected chi connectivity index (χ0v) is 17.4. The van der Waals surface area contributed by atoms with Crippen LogP contribution in [0, 0.1) is 0 Å². The number of imidazole rings is 1. The standard InChI is InChI=1S/C22H29N5O2/c1-4-13-26(14-5-2)16-18-23-20-19(21(28)24-22(29)25(20)3)27(18)15-9-12-17-10-7-6-8-11-17/h6-12H,4-5,13-16H2,1-3H3,(H,24,28,29)/p+1/b12-9+. The van der Waals surface area contributed by atoms with E-state index in [2.05, 4.69) is 18.8 Å². The van der Waals surface area contributed by atoms with E-state index in [4.69, 9.17) is 4.98 Å². The van der Waals surface area contributed by atoms with Crippen LogP contribution in [0.25, 0.3) is 17.2 Å². The average molecular weight is 397 g/mol. The van der Waals surface area contributed by atoms with E-state index in [-0.39, 0.29) is 5.56 Å². The number of quaternary nitrogens is 1. The molecule has 3 rings (SSSR count). The number of hydrogen-bond donors (Lipinski definition) is 2. The number of aryl methyl sites for hydroxylation is 1. The van der Waals surface area contributed by atoms with Gasteiger partial charge in [-0.05, 0) is 18.4 Å². The molecule has 1 aromatic carbocycles. The Morgan fingerprint density at radius 2 is 1.79 bits per heavy atom. The lowest BCUT2D eigenvalue weighted by Gasteiger charge is -2.18. The van der Waals surface area contributed by atoms with E-state index in [0.717, 1.165) is 43.9 Å². The molecule has 0 unspecified atom stereocenters. The first-order chi connectivity index (χ1) is 14.0. The molecule has 0 spiro atoms. The fraction of sp³-hybridized carbons (Fsp3) is 0.409. The van der Waals surface area contributed by atoms with E-state index in [0.29, 0.717) is 17.7 Å². The van der Waals surface area contributed by atoms with Crippen LogP contribution in [0.3, 0.4) is 0 Å². The van der Waals surface area contributed by atoms with Gasteiger partial charge in [-0.3, -0.25) is 14.3 Å². The van der Waals surface area contributed by atoms with Crippen molar-refractivity contribution in [3.8, 4) is 0 Å². The molecule has 2 N–H and O–H groups in total. The molecular weight excluding hydrogens is 366 g/mol. The van der Waals surface area contributed by atoms with Crippen molar-refractivity contribution >= 4 is 17.2 Å². The van der Waals surface area contributed by atoms with Gasteiger partial charge in [-0.15, -0.1) is 0 Å². The number of nitrogens with one attached hydrogen (secondary N) is 2. The Labute approximate surface area is 170 Å². The van der Waals surface area contributed by atoms with Crippen LogP contribution >= 0.6 is 0 Å². The van der Waals surface area contributed by atoms with Gasteiger partial charge in [0.05, 0.1) is 13.1 Å². The van der Waals surface area contributed by atoms with Crippen molar-refractivity contribution in [2.45, 2.75) is 39.8 Å². The van der Waals surface area contributed by atoms with Crippen LogP contribution in [0.15, 0.2) is 46.0 Å². The highest BCUT2D eigenvalue weighted by atomic mass is 16.2. The predicted octanol–water partition coefficient (Wildman–Crippen LogP) is 1.34. The van der Waals surface area contributed by atoms with E-state index < -0.39 is 5.69 Å². The zero-order valence-electron chi connectivity index (χ0n) is 17.4. The third-order valence-corrected chi connectivity index (χ3v) is 5.10. The number of benzene rings is 1. The molecule has 0 aliphatic rings. The van der Waals surface area contributed by atoms with Crippen molar-refractivity contribution in [1.29, 1.82) is 0 Å². The topological polar surface area (TPSA) is 77.1 Å².